The molecule has 2 aromatic rings. The minimum Gasteiger partial charge on any atom is -0.350 e. The Labute approximate surface area is 172 Å². The van der Waals surface area contributed by atoms with E-state index in [1.54, 1.807) is 24.3 Å². The van der Waals surface area contributed by atoms with Crippen LogP contribution in [0.25, 0.3) is 0 Å². The van der Waals surface area contributed by atoms with Crippen LogP contribution in [0.4, 0.5) is 10.5 Å². The van der Waals surface area contributed by atoms with Crippen LogP contribution >= 0.6 is 0 Å². The van der Waals surface area contributed by atoms with Crippen molar-refractivity contribution in [1.82, 2.24) is 15.5 Å². The Kier molecular flexibility index (Phi) is 7.25. The molecule has 0 radical (unpaired) electrons. The van der Waals surface area contributed by atoms with Gasteiger partial charge in [-0.2, -0.15) is 0 Å². The maximum atomic E-state index is 12.8. The first-order chi connectivity index (χ1) is 14.0. The molecule has 1 saturated heterocycles. The van der Waals surface area contributed by atoms with Gasteiger partial charge in [0, 0.05) is 23.8 Å². The average molecular weight is 395 g/mol. The summed E-state index contributed by atoms with van der Waals surface area (Å²) >= 11 is 0. The number of amides is 3. The van der Waals surface area contributed by atoms with Gasteiger partial charge < -0.3 is 16.0 Å². The molecule has 6 nitrogen and oxygen atoms in total. The highest BCUT2D eigenvalue weighted by Crippen LogP contribution is 2.24. The minimum absolute atomic E-state index is 0.0435. The number of carbonyl (C=O) groups excluding carboxylic acids is 2. The van der Waals surface area contributed by atoms with Crippen LogP contribution in [0.1, 0.15) is 48.7 Å². The normalized spacial score (nSPS) is 15.1. The van der Waals surface area contributed by atoms with E-state index in [9.17, 15) is 9.59 Å². The SMILES string of the molecule is CC(C)NC(=O)Nc1cccc(C(=O)NCC(c2ccccc2)N2CCCC2)c1. The Bertz CT molecular complexity index is 817. The number of carbonyl (C=O) groups is 2. The average Bonchev–Trinajstić information content (AvgIpc) is 3.23. The minimum atomic E-state index is -0.282. The standard InChI is InChI=1S/C23H30N4O2/c1-17(2)25-23(29)26-20-12-8-11-19(15-20)22(28)24-16-21(27-13-6-7-14-27)18-9-4-3-5-10-18/h3-5,8-12,15,17,21H,6-7,13-14,16H2,1-2H3,(H,24,28)(H2,25,26,29). The molecular formula is C23H30N4O2. The lowest BCUT2D eigenvalue weighted by molar-refractivity contribution is 0.0938. The van der Waals surface area contributed by atoms with E-state index in [1.807, 2.05) is 32.0 Å². The van der Waals surface area contributed by atoms with E-state index in [0.717, 1.165) is 13.1 Å². The molecule has 1 fully saturated rings. The third-order valence-corrected chi connectivity index (χ3v) is 5.02. The van der Waals surface area contributed by atoms with Crippen LogP contribution in [0, 0.1) is 0 Å². The molecule has 0 aromatic heterocycles. The second kappa shape index (κ2) is 10.1. The molecule has 2 aromatic carbocycles. The molecule has 0 bridgehead atoms. The van der Waals surface area contributed by atoms with Gasteiger partial charge >= 0.3 is 6.03 Å². The maximum absolute atomic E-state index is 12.8. The number of hydrogen-bond donors (Lipinski definition) is 3. The largest absolute Gasteiger partial charge is 0.350 e. The van der Waals surface area contributed by atoms with E-state index in [0.29, 0.717) is 17.8 Å². The van der Waals surface area contributed by atoms with Crippen molar-refractivity contribution in [3.8, 4) is 0 Å². The van der Waals surface area contributed by atoms with Gasteiger partial charge in [-0.05, 0) is 63.5 Å². The third kappa shape index (κ3) is 6.06. The Balaban J connectivity index is 1.64. The van der Waals surface area contributed by atoms with Gasteiger partial charge in [-0.3, -0.25) is 9.69 Å². The van der Waals surface area contributed by atoms with Crippen LogP contribution in [0.2, 0.25) is 0 Å². The first kappa shape index (κ1) is 20.9. The Morgan fingerprint density at radius 3 is 2.41 bits per heavy atom. The maximum Gasteiger partial charge on any atom is 0.319 e. The van der Waals surface area contributed by atoms with E-state index in [4.69, 9.17) is 0 Å². The molecule has 0 saturated carbocycles. The van der Waals surface area contributed by atoms with E-state index in [1.165, 1.54) is 18.4 Å². The number of nitrogens with one attached hydrogen (secondary N) is 3. The Hall–Kier alpha value is -2.86. The second-order valence-electron chi connectivity index (χ2n) is 7.71. The molecule has 1 unspecified atom stereocenters. The molecular weight excluding hydrogens is 364 g/mol. The number of likely N-dealkylation sites (tertiary alicyclic amines) is 1. The quantitative estimate of drug-likeness (QED) is 0.669. The van der Waals surface area contributed by atoms with E-state index in [-0.39, 0.29) is 24.0 Å². The summed E-state index contributed by atoms with van der Waals surface area (Å²) in [5.74, 6) is -0.141. The van der Waals surface area contributed by atoms with E-state index < -0.39 is 0 Å². The third-order valence-electron chi connectivity index (χ3n) is 5.02. The van der Waals surface area contributed by atoms with Crippen molar-refractivity contribution < 1.29 is 9.59 Å². The van der Waals surface area contributed by atoms with Gasteiger partial charge in [0.1, 0.15) is 0 Å². The van der Waals surface area contributed by atoms with Crippen molar-refractivity contribution in [1.29, 1.82) is 0 Å². The summed E-state index contributed by atoms with van der Waals surface area (Å²) < 4.78 is 0. The summed E-state index contributed by atoms with van der Waals surface area (Å²) in [6, 6.07) is 17.3. The number of rotatable bonds is 7. The molecule has 1 atom stereocenters. The van der Waals surface area contributed by atoms with Crippen molar-refractivity contribution in [2.45, 2.75) is 38.8 Å². The van der Waals surface area contributed by atoms with Crippen LogP contribution in [-0.4, -0.2) is 42.5 Å². The van der Waals surface area contributed by atoms with E-state index >= 15 is 0 Å². The molecule has 1 heterocycles. The molecule has 1 aliphatic rings. The monoisotopic (exact) mass is 394 g/mol. The van der Waals surface area contributed by atoms with Gasteiger partial charge in [0.2, 0.25) is 0 Å². The first-order valence-corrected chi connectivity index (χ1v) is 10.3. The molecule has 1 aliphatic heterocycles. The zero-order chi connectivity index (χ0) is 20.6. The van der Waals surface area contributed by atoms with Gasteiger partial charge in [-0.15, -0.1) is 0 Å². The van der Waals surface area contributed by atoms with Crippen molar-refractivity contribution in [2.75, 3.05) is 25.0 Å². The lowest BCUT2D eigenvalue weighted by atomic mass is 10.1. The van der Waals surface area contributed by atoms with Crippen LogP contribution in [0.5, 0.6) is 0 Å². The predicted molar refractivity (Wildman–Crippen MR) is 116 cm³/mol. The molecule has 154 valence electrons. The van der Waals surface area contributed by atoms with Crippen molar-refractivity contribution in [3.05, 3.63) is 65.7 Å². The Morgan fingerprint density at radius 1 is 1.00 bits per heavy atom. The van der Waals surface area contributed by atoms with Gasteiger partial charge in [-0.25, -0.2) is 4.79 Å². The van der Waals surface area contributed by atoms with E-state index in [2.05, 4.69) is 33.0 Å². The number of hydrogen-bond acceptors (Lipinski definition) is 3. The highest BCUT2D eigenvalue weighted by Gasteiger charge is 2.24. The molecule has 3 amide bonds. The van der Waals surface area contributed by atoms with Crippen LogP contribution in [0.3, 0.4) is 0 Å². The molecule has 6 heteroatoms. The highest BCUT2D eigenvalue weighted by atomic mass is 16.2. The first-order valence-electron chi connectivity index (χ1n) is 10.3. The van der Waals surface area contributed by atoms with Gasteiger partial charge in [0.25, 0.3) is 5.91 Å². The summed E-state index contributed by atoms with van der Waals surface area (Å²) in [4.78, 5) is 27.1. The fraction of sp³-hybridized carbons (Fsp3) is 0.391. The van der Waals surface area contributed by atoms with Gasteiger partial charge in [-0.1, -0.05) is 36.4 Å². The lowest BCUT2D eigenvalue weighted by Crippen LogP contribution is -2.37. The van der Waals surface area contributed by atoms with Crippen molar-refractivity contribution in [3.63, 3.8) is 0 Å². The number of urea groups is 1. The number of benzene rings is 2. The van der Waals surface area contributed by atoms with Crippen molar-refractivity contribution >= 4 is 17.6 Å². The number of anilines is 1. The smallest absolute Gasteiger partial charge is 0.319 e. The summed E-state index contributed by atoms with van der Waals surface area (Å²) in [5.41, 5.74) is 2.34. The lowest BCUT2D eigenvalue weighted by Gasteiger charge is -2.28. The molecule has 29 heavy (non-hydrogen) atoms. The molecule has 3 rings (SSSR count). The fourth-order valence-corrected chi connectivity index (χ4v) is 3.65. The second-order valence-corrected chi connectivity index (χ2v) is 7.71. The highest BCUT2D eigenvalue weighted by molar-refractivity contribution is 5.96. The van der Waals surface area contributed by atoms with Gasteiger partial charge in [0.15, 0.2) is 0 Å². The molecule has 3 N–H and O–H groups in total. The summed E-state index contributed by atoms with van der Waals surface area (Å²) in [6.07, 6.45) is 2.40. The topological polar surface area (TPSA) is 73.5 Å². The fourth-order valence-electron chi connectivity index (χ4n) is 3.65. The summed E-state index contributed by atoms with van der Waals surface area (Å²) in [6.45, 7) is 6.45. The van der Waals surface area contributed by atoms with Crippen molar-refractivity contribution in [2.24, 2.45) is 0 Å². The predicted octanol–water partition coefficient (Wildman–Crippen LogP) is 3.78. The summed E-state index contributed by atoms with van der Waals surface area (Å²) in [5, 5.41) is 8.62. The zero-order valence-electron chi connectivity index (χ0n) is 17.2. The van der Waals surface area contributed by atoms with Crippen LogP contribution < -0.4 is 16.0 Å². The number of nitrogens with zero attached hydrogens (tertiary/aromatic N) is 1. The van der Waals surface area contributed by atoms with Gasteiger partial charge in [0.05, 0.1) is 6.04 Å². The Morgan fingerprint density at radius 2 is 1.72 bits per heavy atom. The zero-order valence-corrected chi connectivity index (χ0v) is 17.2. The van der Waals surface area contributed by atoms with Crippen LogP contribution in [0.15, 0.2) is 54.6 Å². The molecule has 0 aliphatic carbocycles. The summed E-state index contributed by atoms with van der Waals surface area (Å²) in [7, 11) is 0. The van der Waals surface area contributed by atoms with Crippen LogP contribution in [-0.2, 0) is 0 Å². The molecule has 0 spiro atoms.